The Bertz CT molecular complexity index is 563. The molecular formula is C12H10N2O2S. The van der Waals surface area contributed by atoms with E-state index in [9.17, 15) is 9.59 Å². The lowest BCUT2D eigenvalue weighted by atomic mass is 10.2. The van der Waals surface area contributed by atoms with Crippen LogP contribution in [0.4, 0.5) is 5.69 Å². The topological polar surface area (TPSA) is 59.1 Å². The molecule has 5 heteroatoms. The Morgan fingerprint density at radius 3 is 2.94 bits per heavy atom. The normalized spacial score (nSPS) is 9.94. The summed E-state index contributed by atoms with van der Waals surface area (Å²) in [6.07, 6.45) is 2.28. The van der Waals surface area contributed by atoms with Crippen molar-refractivity contribution in [2.24, 2.45) is 0 Å². The second-order valence-corrected chi connectivity index (χ2v) is 4.68. The first-order chi connectivity index (χ1) is 8.19. The maximum atomic E-state index is 11.8. The molecule has 0 fully saturated rings. The molecule has 2 aromatic rings. The second kappa shape index (κ2) is 4.88. The predicted molar refractivity (Wildman–Crippen MR) is 66.6 cm³/mol. The van der Waals surface area contributed by atoms with Crippen LogP contribution in [0.3, 0.4) is 0 Å². The average Bonchev–Trinajstić information content (AvgIpc) is 2.76. The van der Waals surface area contributed by atoms with Gasteiger partial charge in [-0.1, -0.05) is 12.1 Å². The van der Waals surface area contributed by atoms with Gasteiger partial charge in [-0.25, -0.2) is 4.98 Å². The fourth-order valence-corrected chi connectivity index (χ4v) is 2.02. The van der Waals surface area contributed by atoms with Crippen LogP contribution in [-0.2, 0) is 0 Å². The van der Waals surface area contributed by atoms with Crippen molar-refractivity contribution in [1.29, 1.82) is 0 Å². The zero-order valence-electron chi connectivity index (χ0n) is 9.14. The van der Waals surface area contributed by atoms with Crippen molar-refractivity contribution in [3.63, 3.8) is 0 Å². The smallest absolute Gasteiger partial charge is 0.267 e. The van der Waals surface area contributed by atoms with E-state index < -0.39 is 0 Å². The van der Waals surface area contributed by atoms with Gasteiger partial charge < -0.3 is 5.32 Å². The first-order valence-corrected chi connectivity index (χ1v) is 5.80. The highest BCUT2D eigenvalue weighted by Gasteiger charge is 2.09. The minimum Gasteiger partial charge on any atom is -0.321 e. The molecule has 1 aromatic carbocycles. The van der Waals surface area contributed by atoms with Gasteiger partial charge in [0, 0.05) is 11.3 Å². The van der Waals surface area contributed by atoms with E-state index >= 15 is 0 Å². The van der Waals surface area contributed by atoms with E-state index in [-0.39, 0.29) is 5.91 Å². The number of hydrogen-bond acceptors (Lipinski definition) is 4. The molecule has 17 heavy (non-hydrogen) atoms. The summed E-state index contributed by atoms with van der Waals surface area (Å²) >= 11 is 1.33. The van der Waals surface area contributed by atoms with Crippen LogP contribution in [0.25, 0.3) is 0 Å². The lowest BCUT2D eigenvalue weighted by molar-refractivity contribution is 0.102. The number of rotatable bonds is 3. The first kappa shape index (κ1) is 11.5. The van der Waals surface area contributed by atoms with Gasteiger partial charge in [-0.2, -0.15) is 0 Å². The van der Waals surface area contributed by atoms with Gasteiger partial charge >= 0.3 is 0 Å². The monoisotopic (exact) mass is 246 g/mol. The molecule has 4 nitrogen and oxygen atoms in total. The molecule has 1 N–H and O–H groups in total. The van der Waals surface area contributed by atoms with Crippen LogP contribution in [0.5, 0.6) is 0 Å². The second-order valence-electron chi connectivity index (χ2n) is 3.44. The summed E-state index contributed by atoms with van der Waals surface area (Å²) in [7, 11) is 0. The molecule has 1 heterocycles. The van der Waals surface area contributed by atoms with Gasteiger partial charge in [0.05, 0.1) is 11.2 Å². The summed E-state index contributed by atoms with van der Waals surface area (Å²) in [6, 6.07) is 6.76. The van der Waals surface area contributed by atoms with Gasteiger partial charge in [0.15, 0.2) is 0 Å². The van der Waals surface area contributed by atoms with Crippen molar-refractivity contribution < 1.29 is 9.59 Å². The van der Waals surface area contributed by atoms with Gasteiger partial charge in [0.25, 0.3) is 5.91 Å². The summed E-state index contributed by atoms with van der Waals surface area (Å²) in [5, 5.41) is 3.56. The zero-order chi connectivity index (χ0) is 12.3. The summed E-state index contributed by atoms with van der Waals surface area (Å²) < 4.78 is 0. The minimum atomic E-state index is -0.210. The quantitative estimate of drug-likeness (QED) is 0.846. The van der Waals surface area contributed by atoms with E-state index in [1.807, 2.05) is 6.92 Å². The van der Waals surface area contributed by atoms with Crippen LogP contribution in [0.2, 0.25) is 0 Å². The van der Waals surface area contributed by atoms with Gasteiger partial charge in [-0.15, -0.1) is 11.3 Å². The standard InChI is InChI=1S/C12H10N2O2S/c1-8-13-6-11(17-8)12(16)14-10-4-2-3-9(5-10)7-15/h2-7H,1H3,(H,14,16). The van der Waals surface area contributed by atoms with Crippen molar-refractivity contribution in [2.45, 2.75) is 6.92 Å². The van der Waals surface area contributed by atoms with Crippen LogP contribution >= 0.6 is 11.3 Å². The fourth-order valence-electron chi connectivity index (χ4n) is 1.35. The molecule has 0 aliphatic carbocycles. The Kier molecular flexibility index (Phi) is 3.30. The number of hydrogen-bond donors (Lipinski definition) is 1. The largest absolute Gasteiger partial charge is 0.321 e. The van der Waals surface area contributed by atoms with Crippen LogP contribution in [-0.4, -0.2) is 17.2 Å². The lowest BCUT2D eigenvalue weighted by Crippen LogP contribution is -2.10. The summed E-state index contributed by atoms with van der Waals surface area (Å²) in [6.45, 7) is 1.84. The fraction of sp³-hybridized carbons (Fsp3) is 0.0833. The maximum absolute atomic E-state index is 11.8. The number of nitrogens with zero attached hydrogens (tertiary/aromatic N) is 1. The highest BCUT2D eigenvalue weighted by atomic mass is 32.1. The highest BCUT2D eigenvalue weighted by molar-refractivity contribution is 7.13. The van der Waals surface area contributed by atoms with E-state index in [2.05, 4.69) is 10.3 Å². The third-order valence-electron chi connectivity index (χ3n) is 2.13. The molecule has 0 saturated heterocycles. The third-order valence-corrected chi connectivity index (χ3v) is 3.04. The Labute approximate surface area is 102 Å². The Balaban J connectivity index is 2.15. The van der Waals surface area contributed by atoms with Gasteiger partial charge in [0.2, 0.25) is 0 Å². The van der Waals surface area contributed by atoms with Gasteiger partial charge in [-0.05, 0) is 19.1 Å². The Morgan fingerprint density at radius 1 is 1.47 bits per heavy atom. The van der Waals surface area contributed by atoms with Crippen molar-refractivity contribution in [3.05, 3.63) is 45.9 Å². The van der Waals surface area contributed by atoms with E-state index in [4.69, 9.17) is 0 Å². The number of carbonyl (C=O) groups is 2. The number of aromatic nitrogens is 1. The van der Waals surface area contributed by atoms with Crippen molar-refractivity contribution in [1.82, 2.24) is 4.98 Å². The average molecular weight is 246 g/mol. The van der Waals surface area contributed by atoms with Crippen LogP contribution in [0, 0.1) is 6.92 Å². The van der Waals surface area contributed by atoms with Gasteiger partial charge in [-0.3, -0.25) is 9.59 Å². The van der Waals surface area contributed by atoms with E-state index in [0.29, 0.717) is 16.1 Å². The molecule has 0 aliphatic rings. The van der Waals surface area contributed by atoms with Crippen molar-refractivity contribution >= 4 is 29.2 Å². The maximum Gasteiger partial charge on any atom is 0.267 e. The van der Waals surface area contributed by atoms with Crippen molar-refractivity contribution in [2.75, 3.05) is 5.32 Å². The number of anilines is 1. The molecule has 0 unspecified atom stereocenters. The summed E-state index contributed by atoms with van der Waals surface area (Å²) in [5.41, 5.74) is 1.13. The number of aldehydes is 1. The summed E-state index contributed by atoms with van der Waals surface area (Å²) in [4.78, 5) is 27.0. The van der Waals surface area contributed by atoms with E-state index in [0.717, 1.165) is 11.3 Å². The lowest BCUT2D eigenvalue weighted by Gasteiger charge is -2.03. The molecule has 1 amide bonds. The van der Waals surface area contributed by atoms with E-state index in [1.165, 1.54) is 11.3 Å². The number of thiazole rings is 1. The van der Waals surface area contributed by atoms with Crippen molar-refractivity contribution in [3.8, 4) is 0 Å². The first-order valence-electron chi connectivity index (χ1n) is 4.98. The molecule has 0 atom stereocenters. The van der Waals surface area contributed by atoms with Crippen LogP contribution in [0.15, 0.2) is 30.5 Å². The zero-order valence-corrected chi connectivity index (χ0v) is 9.95. The molecule has 0 spiro atoms. The molecule has 0 bridgehead atoms. The number of benzene rings is 1. The molecule has 0 aliphatic heterocycles. The third kappa shape index (κ3) is 2.76. The molecule has 0 saturated carbocycles. The number of aryl methyl sites for hydroxylation is 1. The Hall–Kier alpha value is -2.01. The number of carbonyl (C=O) groups excluding carboxylic acids is 2. The van der Waals surface area contributed by atoms with Gasteiger partial charge in [0.1, 0.15) is 11.2 Å². The number of nitrogens with one attached hydrogen (secondary N) is 1. The minimum absolute atomic E-state index is 0.210. The molecule has 0 radical (unpaired) electrons. The molecular weight excluding hydrogens is 236 g/mol. The van der Waals surface area contributed by atoms with E-state index in [1.54, 1.807) is 30.5 Å². The predicted octanol–water partition coefficient (Wildman–Crippen LogP) is 2.52. The van der Waals surface area contributed by atoms with Crippen LogP contribution < -0.4 is 5.32 Å². The molecule has 2 rings (SSSR count). The molecule has 1 aromatic heterocycles. The molecule has 86 valence electrons. The highest BCUT2D eigenvalue weighted by Crippen LogP contribution is 2.15. The SMILES string of the molecule is Cc1ncc(C(=O)Nc2cccc(C=O)c2)s1. The number of amides is 1. The Morgan fingerprint density at radius 2 is 2.29 bits per heavy atom. The van der Waals surface area contributed by atoms with Crippen LogP contribution in [0.1, 0.15) is 25.0 Å². The summed E-state index contributed by atoms with van der Waals surface area (Å²) in [5.74, 6) is -0.210.